The van der Waals surface area contributed by atoms with Crippen LogP contribution in [0.2, 0.25) is 0 Å². The maximum Gasteiger partial charge on any atom is 0.227 e. The van der Waals surface area contributed by atoms with E-state index >= 15 is 0 Å². The lowest BCUT2D eigenvalue weighted by atomic mass is 10.1. The summed E-state index contributed by atoms with van der Waals surface area (Å²) in [6.45, 7) is 0. The highest BCUT2D eigenvalue weighted by Crippen LogP contribution is 2.40. The normalized spacial score (nSPS) is 10.3. The van der Waals surface area contributed by atoms with Gasteiger partial charge in [-0.3, -0.25) is 0 Å². The van der Waals surface area contributed by atoms with Crippen LogP contribution in [0.5, 0.6) is 17.2 Å². The predicted octanol–water partition coefficient (Wildman–Crippen LogP) is 4.05. The number of hydrogen-bond acceptors (Lipinski definition) is 6. The van der Waals surface area contributed by atoms with Crippen molar-refractivity contribution in [3.05, 3.63) is 54.5 Å². The minimum absolute atomic E-state index is 0.279. The van der Waals surface area contributed by atoms with Crippen LogP contribution in [0.1, 0.15) is 0 Å². The molecular formula is C19H18FN3O3. The second-order valence-corrected chi connectivity index (χ2v) is 5.28. The molecule has 6 nitrogen and oxygen atoms in total. The average Bonchev–Trinajstić information content (AvgIpc) is 2.68. The van der Waals surface area contributed by atoms with Crippen molar-refractivity contribution in [1.29, 1.82) is 0 Å². The third-order valence-electron chi connectivity index (χ3n) is 3.74. The van der Waals surface area contributed by atoms with Crippen LogP contribution in [0.4, 0.5) is 16.0 Å². The number of benzene rings is 2. The van der Waals surface area contributed by atoms with Crippen LogP contribution in [0.3, 0.4) is 0 Å². The third kappa shape index (κ3) is 3.51. The summed E-state index contributed by atoms with van der Waals surface area (Å²) in [7, 11) is 4.64. The molecule has 0 unspecified atom stereocenters. The smallest absolute Gasteiger partial charge is 0.227 e. The number of anilines is 2. The highest BCUT2D eigenvalue weighted by atomic mass is 19.1. The Kier molecular flexibility index (Phi) is 5.17. The summed E-state index contributed by atoms with van der Waals surface area (Å²) in [4.78, 5) is 8.59. The molecule has 0 aliphatic carbocycles. The summed E-state index contributed by atoms with van der Waals surface area (Å²) in [5.74, 6) is 1.43. The summed E-state index contributed by atoms with van der Waals surface area (Å²) >= 11 is 0. The highest BCUT2D eigenvalue weighted by molar-refractivity contribution is 5.69. The van der Waals surface area contributed by atoms with E-state index in [0.29, 0.717) is 28.6 Å². The van der Waals surface area contributed by atoms with Gasteiger partial charge in [-0.1, -0.05) is 12.1 Å². The van der Waals surface area contributed by atoms with E-state index in [4.69, 9.17) is 14.2 Å². The quantitative estimate of drug-likeness (QED) is 0.720. The van der Waals surface area contributed by atoms with Crippen LogP contribution in [0, 0.1) is 5.82 Å². The van der Waals surface area contributed by atoms with Crippen molar-refractivity contribution >= 4 is 11.6 Å². The van der Waals surface area contributed by atoms with Crippen molar-refractivity contribution in [2.75, 3.05) is 26.6 Å². The Morgan fingerprint density at radius 2 is 1.62 bits per heavy atom. The molecule has 134 valence electrons. The van der Waals surface area contributed by atoms with Gasteiger partial charge in [-0.2, -0.15) is 0 Å². The number of hydrogen-bond donors (Lipinski definition) is 1. The van der Waals surface area contributed by atoms with Gasteiger partial charge in [0, 0.05) is 11.8 Å². The molecule has 0 radical (unpaired) electrons. The van der Waals surface area contributed by atoms with Gasteiger partial charge in [-0.25, -0.2) is 14.4 Å². The number of ether oxygens (including phenoxy) is 3. The van der Waals surface area contributed by atoms with Crippen molar-refractivity contribution in [1.82, 2.24) is 9.97 Å². The average molecular weight is 355 g/mol. The third-order valence-corrected chi connectivity index (χ3v) is 3.74. The van der Waals surface area contributed by atoms with Crippen molar-refractivity contribution in [2.24, 2.45) is 0 Å². The van der Waals surface area contributed by atoms with E-state index in [9.17, 15) is 4.39 Å². The van der Waals surface area contributed by atoms with Crippen LogP contribution in [-0.4, -0.2) is 31.3 Å². The molecule has 1 aromatic heterocycles. The van der Waals surface area contributed by atoms with Crippen LogP contribution < -0.4 is 19.5 Å². The fourth-order valence-electron chi connectivity index (χ4n) is 2.49. The second kappa shape index (κ2) is 7.69. The number of nitrogens with one attached hydrogen (secondary N) is 1. The van der Waals surface area contributed by atoms with E-state index < -0.39 is 0 Å². The van der Waals surface area contributed by atoms with Gasteiger partial charge < -0.3 is 19.5 Å². The van der Waals surface area contributed by atoms with Gasteiger partial charge in [0.25, 0.3) is 0 Å². The van der Waals surface area contributed by atoms with Gasteiger partial charge in [0.05, 0.1) is 32.7 Å². The SMILES string of the molecule is COc1cc(-c2ccnc(Nc3ccccc3F)n2)cc(OC)c1OC. The van der Waals surface area contributed by atoms with Gasteiger partial charge in [0.1, 0.15) is 5.82 Å². The molecule has 3 aromatic rings. The molecule has 0 saturated carbocycles. The van der Waals surface area contributed by atoms with E-state index in [1.807, 2.05) is 0 Å². The van der Waals surface area contributed by atoms with E-state index in [0.717, 1.165) is 5.56 Å². The summed E-state index contributed by atoms with van der Waals surface area (Å²) in [6, 6.07) is 11.7. The summed E-state index contributed by atoms with van der Waals surface area (Å²) in [5, 5.41) is 2.88. The second-order valence-electron chi connectivity index (χ2n) is 5.28. The maximum atomic E-state index is 13.8. The zero-order valence-electron chi connectivity index (χ0n) is 14.6. The maximum absolute atomic E-state index is 13.8. The molecule has 0 atom stereocenters. The molecule has 2 aromatic carbocycles. The number of para-hydroxylation sites is 1. The summed E-state index contributed by atoms with van der Waals surface area (Å²) in [5.41, 5.74) is 1.67. The molecule has 0 spiro atoms. The van der Waals surface area contributed by atoms with Crippen molar-refractivity contribution in [3.8, 4) is 28.5 Å². The number of aromatic nitrogens is 2. The zero-order valence-corrected chi connectivity index (χ0v) is 14.6. The minimum atomic E-state index is -0.380. The Morgan fingerprint density at radius 1 is 0.923 bits per heavy atom. The Labute approximate surface area is 150 Å². The first-order valence-corrected chi connectivity index (χ1v) is 7.81. The van der Waals surface area contributed by atoms with Gasteiger partial charge in [-0.05, 0) is 30.3 Å². The van der Waals surface area contributed by atoms with Crippen molar-refractivity contribution in [3.63, 3.8) is 0 Å². The molecular weight excluding hydrogens is 337 g/mol. The van der Waals surface area contributed by atoms with Gasteiger partial charge in [0.2, 0.25) is 11.7 Å². The van der Waals surface area contributed by atoms with Crippen LogP contribution >= 0.6 is 0 Å². The molecule has 0 saturated heterocycles. The number of nitrogens with zero attached hydrogens (tertiary/aromatic N) is 2. The first-order valence-electron chi connectivity index (χ1n) is 7.81. The molecule has 0 bridgehead atoms. The van der Waals surface area contributed by atoms with Gasteiger partial charge in [0.15, 0.2) is 11.5 Å². The molecule has 1 heterocycles. The summed E-state index contributed by atoms with van der Waals surface area (Å²) in [6.07, 6.45) is 1.59. The van der Waals surface area contributed by atoms with Crippen LogP contribution in [0.25, 0.3) is 11.3 Å². The highest BCUT2D eigenvalue weighted by Gasteiger charge is 2.15. The fourth-order valence-corrected chi connectivity index (χ4v) is 2.49. The Balaban J connectivity index is 1.99. The molecule has 0 aliphatic rings. The Bertz CT molecular complexity index is 893. The van der Waals surface area contributed by atoms with E-state index in [-0.39, 0.29) is 11.8 Å². The molecule has 3 rings (SSSR count). The molecule has 7 heteroatoms. The lowest BCUT2D eigenvalue weighted by Crippen LogP contribution is -2.00. The topological polar surface area (TPSA) is 65.5 Å². The number of methoxy groups -OCH3 is 3. The van der Waals surface area contributed by atoms with E-state index in [1.54, 1.807) is 63.9 Å². The molecule has 1 N–H and O–H groups in total. The predicted molar refractivity (Wildman–Crippen MR) is 96.8 cm³/mol. The molecule has 0 aliphatic heterocycles. The first-order chi connectivity index (χ1) is 12.7. The minimum Gasteiger partial charge on any atom is -0.493 e. The number of halogens is 1. The number of rotatable bonds is 6. The van der Waals surface area contributed by atoms with Crippen molar-refractivity contribution in [2.45, 2.75) is 0 Å². The Morgan fingerprint density at radius 3 is 2.23 bits per heavy atom. The Hall–Kier alpha value is -3.35. The standard InChI is InChI=1S/C19H18FN3O3/c1-24-16-10-12(11-17(25-2)18(16)26-3)14-8-9-21-19(22-14)23-15-7-5-4-6-13(15)20/h4-11H,1-3H3,(H,21,22,23). The molecule has 26 heavy (non-hydrogen) atoms. The monoisotopic (exact) mass is 355 g/mol. The van der Waals surface area contributed by atoms with Crippen LogP contribution in [0.15, 0.2) is 48.7 Å². The summed E-state index contributed by atoms with van der Waals surface area (Å²) < 4.78 is 29.9. The van der Waals surface area contributed by atoms with Gasteiger partial charge >= 0.3 is 0 Å². The fraction of sp³-hybridized carbons (Fsp3) is 0.158. The van der Waals surface area contributed by atoms with E-state index in [2.05, 4.69) is 15.3 Å². The molecule has 0 fully saturated rings. The van der Waals surface area contributed by atoms with Crippen molar-refractivity contribution < 1.29 is 18.6 Å². The van der Waals surface area contributed by atoms with E-state index in [1.165, 1.54) is 6.07 Å². The lowest BCUT2D eigenvalue weighted by Gasteiger charge is -2.14. The first kappa shape index (κ1) is 17.5. The van der Waals surface area contributed by atoms with Gasteiger partial charge in [-0.15, -0.1) is 0 Å². The zero-order chi connectivity index (χ0) is 18.5. The lowest BCUT2D eigenvalue weighted by molar-refractivity contribution is 0.324. The van der Waals surface area contributed by atoms with Crippen LogP contribution in [-0.2, 0) is 0 Å². The molecule has 0 amide bonds. The largest absolute Gasteiger partial charge is 0.493 e.